The van der Waals surface area contributed by atoms with Crippen LogP contribution in [-0.2, 0) is 20.9 Å². The molecule has 8 heteroatoms. The van der Waals surface area contributed by atoms with Crippen molar-refractivity contribution in [2.75, 3.05) is 20.1 Å². The van der Waals surface area contributed by atoms with Crippen molar-refractivity contribution in [2.24, 2.45) is 5.92 Å². The number of nitrogens with zero attached hydrogens (tertiary/aromatic N) is 1. The van der Waals surface area contributed by atoms with Crippen molar-refractivity contribution in [1.29, 1.82) is 0 Å². The molecule has 2 amide bonds. The minimum atomic E-state index is -0.865. The van der Waals surface area contributed by atoms with Crippen LogP contribution in [-0.4, -0.2) is 54.6 Å². The zero-order chi connectivity index (χ0) is 26.1. The normalized spacial score (nSPS) is 16.1. The number of ketones is 1. The molecule has 0 aromatic heterocycles. The fraction of sp³-hybridized carbons (Fsp3) is 0.464. The van der Waals surface area contributed by atoms with Gasteiger partial charge in [0.1, 0.15) is 18.2 Å². The summed E-state index contributed by atoms with van der Waals surface area (Å²) in [5.41, 5.74) is 0.992. The van der Waals surface area contributed by atoms with E-state index in [-0.39, 0.29) is 24.4 Å². The number of likely N-dealkylation sites (N-methyl/N-ethyl adjacent to an activating group) is 1. The molecule has 0 bridgehead atoms. The third kappa shape index (κ3) is 7.81. The number of piperidine rings is 1. The summed E-state index contributed by atoms with van der Waals surface area (Å²) in [5.74, 6) is -0.134. The highest BCUT2D eigenvalue weighted by molar-refractivity contribution is 5.92. The van der Waals surface area contributed by atoms with Gasteiger partial charge in [-0.3, -0.25) is 4.79 Å². The van der Waals surface area contributed by atoms with E-state index in [2.05, 4.69) is 10.6 Å². The van der Waals surface area contributed by atoms with Crippen LogP contribution in [0.2, 0.25) is 0 Å². The van der Waals surface area contributed by atoms with E-state index in [1.807, 2.05) is 81.4 Å². The number of benzene rings is 2. The van der Waals surface area contributed by atoms with Gasteiger partial charge in [0, 0.05) is 13.1 Å². The maximum Gasteiger partial charge on any atom is 0.410 e. The van der Waals surface area contributed by atoms with E-state index < -0.39 is 23.8 Å². The van der Waals surface area contributed by atoms with Gasteiger partial charge in [-0.15, -0.1) is 0 Å². The van der Waals surface area contributed by atoms with Gasteiger partial charge in [0.2, 0.25) is 0 Å². The molecular weight excluding hydrogens is 458 g/mol. The van der Waals surface area contributed by atoms with Crippen LogP contribution in [0.25, 0.3) is 0 Å². The molecule has 2 N–H and O–H groups in total. The van der Waals surface area contributed by atoms with Crippen molar-refractivity contribution in [3.8, 4) is 0 Å². The first-order chi connectivity index (χ1) is 17.2. The first kappa shape index (κ1) is 27.2. The van der Waals surface area contributed by atoms with Crippen LogP contribution in [0.5, 0.6) is 0 Å². The molecule has 1 saturated heterocycles. The minimum absolute atomic E-state index is 0.00883. The van der Waals surface area contributed by atoms with E-state index >= 15 is 0 Å². The molecule has 2 atom stereocenters. The Hall–Kier alpha value is -3.39. The number of nitrogens with one attached hydrogen (secondary N) is 2. The molecule has 0 aliphatic carbocycles. The van der Waals surface area contributed by atoms with Gasteiger partial charge in [0.15, 0.2) is 5.78 Å². The highest BCUT2D eigenvalue weighted by Gasteiger charge is 2.37. The van der Waals surface area contributed by atoms with Crippen molar-refractivity contribution in [2.45, 2.75) is 57.9 Å². The molecule has 0 spiro atoms. The maximum atomic E-state index is 13.7. The summed E-state index contributed by atoms with van der Waals surface area (Å²) in [4.78, 5) is 40.5. The lowest BCUT2D eigenvalue weighted by Crippen LogP contribution is -2.51. The Morgan fingerprint density at radius 1 is 0.972 bits per heavy atom. The van der Waals surface area contributed by atoms with Crippen LogP contribution in [0.3, 0.4) is 0 Å². The Labute approximate surface area is 213 Å². The average molecular weight is 496 g/mol. The molecule has 1 heterocycles. The lowest BCUT2D eigenvalue weighted by molar-refractivity contribution is -0.124. The van der Waals surface area contributed by atoms with Crippen molar-refractivity contribution in [1.82, 2.24) is 15.5 Å². The number of carbonyl (C=O) groups excluding carboxylic acids is 3. The van der Waals surface area contributed by atoms with E-state index in [1.54, 1.807) is 11.9 Å². The van der Waals surface area contributed by atoms with E-state index in [4.69, 9.17) is 9.47 Å². The van der Waals surface area contributed by atoms with E-state index in [0.717, 1.165) is 5.56 Å². The van der Waals surface area contributed by atoms with Crippen molar-refractivity contribution >= 4 is 18.0 Å². The zero-order valence-corrected chi connectivity index (χ0v) is 21.5. The summed E-state index contributed by atoms with van der Waals surface area (Å²) < 4.78 is 10.9. The molecule has 8 nitrogen and oxygen atoms in total. The van der Waals surface area contributed by atoms with Crippen molar-refractivity contribution in [3.63, 3.8) is 0 Å². The fourth-order valence-corrected chi connectivity index (χ4v) is 4.38. The maximum absolute atomic E-state index is 13.7. The summed E-state index contributed by atoms with van der Waals surface area (Å²) in [6, 6.07) is 17.2. The smallest absolute Gasteiger partial charge is 0.410 e. The predicted octanol–water partition coefficient (Wildman–Crippen LogP) is 4.46. The second kappa shape index (κ2) is 12.5. The van der Waals surface area contributed by atoms with Crippen LogP contribution in [0.4, 0.5) is 9.59 Å². The van der Waals surface area contributed by atoms with Gasteiger partial charge < -0.3 is 25.0 Å². The summed E-state index contributed by atoms with van der Waals surface area (Å²) in [6.45, 7) is 6.65. The molecule has 2 aromatic rings. The molecule has 1 fully saturated rings. The monoisotopic (exact) mass is 495 g/mol. The molecule has 1 aliphatic rings. The van der Waals surface area contributed by atoms with Gasteiger partial charge in [-0.2, -0.15) is 0 Å². The quantitative estimate of drug-likeness (QED) is 0.561. The van der Waals surface area contributed by atoms with Crippen molar-refractivity contribution in [3.05, 3.63) is 71.8 Å². The lowest BCUT2D eigenvalue weighted by atomic mass is 9.84. The van der Waals surface area contributed by atoms with E-state index in [9.17, 15) is 14.4 Å². The number of carbonyl (C=O) groups is 3. The van der Waals surface area contributed by atoms with Gasteiger partial charge in [-0.05, 0) is 57.7 Å². The largest absolute Gasteiger partial charge is 0.445 e. The minimum Gasteiger partial charge on any atom is -0.445 e. The zero-order valence-electron chi connectivity index (χ0n) is 21.5. The average Bonchev–Trinajstić information content (AvgIpc) is 2.87. The first-order valence-electron chi connectivity index (χ1n) is 12.4. The topological polar surface area (TPSA) is 97.0 Å². The van der Waals surface area contributed by atoms with Crippen LogP contribution >= 0.6 is 0 Å². The number of ether oxygens (including phenoxy) is 2. The Bertz CT molecular complexity index is 999. The Balaban J connectivity index is 1.66. The SMILES string of the molecule is CNC(C(=O)[C@H](NC(=O)OCc1ccccc1)c1ccccc1)C1CCN(C(=O)OC(C)(C)C)CC1. The van der Waals surface area contributed by atoms with Gasteiger partial charge >= 0.3 is 12.2 Å². The lowest BCUT2D eigenvalue weighted by Gasteiger charge is -2.37. The third-order valence-corrected chi connectivity index (χ3v) is 6.17. The second-order valence-electron chi connectivity index (χ2n) is 10.0. The van der Waals surface area contributed by atoms with Gasteiger partial charge in [0.05, 0.1) is 6.04 Å². The number of Topliss-reactive ketones (excluding diaryl/α,β-unsaturated/α-hetero) is 1. The van der Waals surface area contributed by atoms with Crippen LogP contribution in [0.15, 0.2) is 60.7 Å². The molecule has 36 heavy (non-hydrogen) atoms. The highest BCUT2D eigenvalue weighted by atomic mass is 16.6. The number of hydrogen-bond donors (Lipinski definition) is 2. The Kier molecular flexibility index (Phi) is 9.47. The molecular formula is C28H37N3O5. The number of alkyl carbamates (subject to hydrolysis) is 1. The second-order valence-corrected chi connectivity index (χ2v) is 10.0. The van der Waals surface area contributed by atoms with Crippen LogP contribution in [0, 0.1) is 5.92 Å². The molecule has 1 aliphatic heterocycles. The number of rotatable bonds is 8. The van der Waals surface area contributed by atoms with E-state index in [1.165, 1.54) is 0 Å². The highest BCUT2D eigenvalue weighted by Crippen LogP contribution is 2.26. The standard InChI is InChI=1S/C28H37N3O5/c1-28(2,3)36-27(34)31-17-15-22(16-18-31)23(29-4)25(32)24(21-13-9-6-10-14-21)30-26(33)35-19-20-11-7-5-8-12-20/h5-14,22-24,29H,15-19H2,1-4H3,(H,30,33)/t23?,24-/m1/s1. The number of likely N-dealkylation sites (tertiary alicyclic amines) is 1. The molecule has 194 valence electrons. The fourth-order valence-electron chi connectivity index (χ4n) is 4.38. The Morgan fingerprint density at radius 2 is 1.56 bits per heavy atom. The predicted molar refractivity (Wildman–Crippen MR) is 137 cm³/mol. The van der Waals surface area contributed by atoms with Gasteiger partial charge in [0.25, 0.3) is 0 Å². The summed E-state index contributed by atoms with van der Waals surface area (Å²) in [7, 11) is 1.75. The third-order valence-electron chi connectivity index (χ3n) is 6.17. The molecule has 0 saturated carbocycles. The molecule has 3 rings (SSSR count). The summed E-state index contributed by atoms with van der Waals surface area (Å²) >= 11 is 0. The van der Waals surface area contributed by atoms with Crippen LogP contribution < -0.4 is 10.6 Å². The number of hydrogen-bond acceptors (Lipinski definition) is 6. The molecule has 1 unspecified atom stereocenters. The Morgan fingerprint density at radius 3 is 2.11 bits per heavy atom. The first-order valence-corrected chi connectivity index (χ1v) is 12.4. The number of amides is 2. The molecule has 0 radical (unpaired) electrons. The van der Waals surface area contributed by atoms with Gasteiger partial charge in [-0.25, -0.2) is 9.59 Å². The van der Waals surface area contributed by atoms with Crippen LogP contribution in [0.1, 0.15) is 50.8 Å². The van der Waals surface area contributed by atoms with Gasteiger partial charge in [-0.1, -0.05) is 60.7 Å². The molecule has 2 aromatic carbocycles. The summed E-state index contributed by atoms with van der Waals surface area (Å²) in [6.07, 6.45) is 0.307. The van der Waals surface area contributed by atoms with Crippen molar-refractivity contribution < 1.29 is 23.9 Å². The van der Waals surface area contributed by atoms with E-state index in [0.29, 0.717) is 31.5 Å². The summed E-state index contributed by atoms with van der Waals surface area (Å²) in [5, 5.41) is 5.93.